The van der Waals surface area contributed by atoms with Gasteiger partial charge in [0.1, 0.15) is 5.69 Å². The zero-order valence-electron chi connectivity index (χ0n) is 13.1. The van der Waals surface area contributed by atoms with Crippen LogP contribution in [0.15, 0.2) is 29.8 Å². The first-order valence-electron chi connectivity index (χ1n) is 8.14. The molecule has 5 heteroatoms. The van der Waals surface area contributed by atoms with Crippen molar-refractivity contribution in [2.75, 3.05) is 6.54 Å². The fourth-order valence-electron chi connectivity index (χ4n) is 3.13. The van der Waals surface area contributed by atoms with Crippen molar-refractivity contribution in [3.63, 3.8) is 0 Å². The fraction of sp³-hybridized carbons (Fsp3) is 0.529. The van der Waals surface area contributed by atoms with Crippen molar-refractivity contribution >= 4 is 17.2 Å². The topological polar surface area (TPSA) is 38.1 Å². The predicted molar refractivity (Wildman–Crippen MR) is 89.2 cm³/mol. The van der Waals surface area contributed by atoms with Gasteiger partial charge in [-0.05, 0) is 56.5 Å². The first kappa shape index (κ1) is 15.3. The Kier molecular flexibility index (Phi) is 4.93. The summed E-state index contributed by atoms with van der Waals surface area (Å²) in [5.41, 5.74) is 0.588. The fourth-order valence-corrected chi connectivity index (χ4v) is 3.86. The molecule has 1 amide bonds. The normalized spacial score (nSPS) is 18.6. The van der Waals surface area contributed by atoms with E-state index in [2.05, 4.69) is 27.5 Å². The van der Waals surface area contributed by atoms with E-state index in [0.29, 0.717) is 11.7 Å². The lowest BCUT2D eigenvalue weighted by Crippen LogP contribution is -2.44. The van der Waals surface area contributed by atoms with Crippen LogP contribution in [-0.2, 0) is 13.0 Å². The predicted octanol–water partition coefficient (Wildman–Crippen LogP) is 3.59. The van der Waals surface area contributed by atoms with Crippen LogP contribution in [-0.4, -0.2) is 33.2 Å². The molecule has 1 fully saturated rings. The molecule has 2 aromatic heterocycles. The van der Waals surface area contributed by atoms with E-state index >= 15 is 0 Å². The van der Waals surface area contributed by atoms with Gasteiger partial charge in [-0.25, -0.2) is 0 Å². The molecule has 3 rings (SSSR count). The van der Waals surface area contributed by atoms with Gasteiger partial charge < -0.3 is 4.90 Å². The molecule has 1 saturated heterocycles. The van der Waals surface area contributed by atoms with Crippen LogP contribution in [0.1, 0.15) is 48.0 Å². The van der Waals surface area contributed by atoms with Crippen LogP contribution in [0, 0.1) is 0 Å². The summed E-state index contributed by atoms with van der Waals surface area (Å²) in [6, 6.07) is 6.48. The number of aromatic nitrogens is 2. The first-order chi connectivity index (χ1) is 10.8. The highest BCUT2D eigenvalue weighted by Crippen LogP contribution is 2.24. The lowest BCUT2D eigenvalue weighted by atomic mass is 9.97. The maximum atomic E-state index is 12.8. The van der Waals surface area contributed by atoms with Crippen molar-refractivity contribution in [2.24, 2.45) is 0 Å². The molecule has 0 spiro atoms. The van der Waals surface area contributed by atoms with Gasteiger partial charge in [0, 0.05) is 30.2 Å². The summed E-state index contributed by atoms with van der Waals surface area (Å²) < 4.78 is 1.82. The molecule has 0 aliphatic carbocycles. The van der Waals surface area contributed by atoms with Gasteiger partial charge in [-0.2, -0.15) is 5.10 Å². The molecule has 3 heterocycles. The van der Waals surface area contributed by atoms with E-state index in [1.807, 2.05) is 23.9 Å². The number of amides is 1. The molecule has 0 aromatic carbocycles. The Bertz CT molecular complexity index is 605. The number of piperidine rings is 1. The van der Waals surface area contributed by atoms with E-state index in [1.165, 1.54) is 11.3 Å². The van der Waals surface area contributed by atoms with Crippen molar-refractivity contribution in [3.8, 4) is 0 Å². The third-order valence-corrected chi connectivity index (χ3v) is 5.31. The Balaban J connectivity index is 1.67. The molecule has 4 nitrogen and oxygen atoms in total. The standard InChI is InChI=1S/C17H23N3OS/c1-2-19-12-10-16(18-19)17(21)20-11-4-3-6-14(20)8-9-15-7-5-13-22-15/h5,7,10,12-14H,2-4,6,8-9,11H2,1H3. The Morgan fingerprint density at radius 1 is 1.41 bits per heavy atom. The molecule has 2 aromatic rings. The summed E-state index contributed by atoms with van der Waals surface area (Å²) >= 11 is 1.80. The van der Waals surface area contributed by atoms with Gasteiger partial charge in [0.2, 0.25) is 0 Å². The lowest BCUT2D eigenvalue weighted by molar-refractivity contribution is 0.0595. The summed E-state index contributed by atoms with van der Waals surface area (Å²) in [7, 11) is 0. The summed E-state index contributed by atoms with van der Waals surface area (Å²) in [4.78, 5) is 16.2. The summed E-state index contributed by atoms with van der Waals surface area (Å²) in [5.74, 6) is 0.100. The number of carbonyl (C=O) groups excluding carboxylic acids is 1. The van der Waals surface area contributed by atoms with Crippen LogP contribution in [0.2, 0.25) is 0 Å². The minimum Gasteiger partial charge on any atom is -0.334 e. The van der Waals surface area contributed by atoms with Crippen LogP contribution >= 0.6 is 11.3 Å². The van der Waals surface area contributed by atoms with Crippen molar-refractivity contribution in [1.82, 2.24) is 14.7 Å². The zero-order valence-corrected chi connectivity index (χ0v) is 13.9. The van der Waals surface area contributed by atoms with Crippen LogP contribution in [0.25, 0.3) is 0 Å². The van der Waals surface area contributed by atoms with Crippen LogP contribution in [0.5, 0.6) is 0 Å². The highest BCUT2D eigenvalue weighted by Gasteiger charge is 2.28. The summed E-state index contributed by atoms with van der Waals surface area (Å²) in [5, 5.41) is 6.50. The number of rotatable bonds is 5. The molecule has 118 valence electrons. The van der Waals surface area contributed by atoms with Gasteiger partial charge in [0.05, 0.1) is 0 Å². The number of aryl methyl sites for hydroxylation is 2. The quantitative estimate of drug-likeness (QED) is 0.845. The highest BCUT2D eigenvalue weighted by molar-refractivity contribution is 7.09. The number of hydrogen-bond acceptors (Lipinski definition) is 3. The van der Waals surface area contributed by atoms with E-state index in [1.54, 1.807) is 11.3 Å². The maximum absolute atomic E-state index is 12.8. The molecule has 0 saturated carbocycles. The average molecular weight is 317 g/mol. The van der Waals surface area contributed by atoms with E-state index < -0.39 is 0 Å². The summed E-state index contributed by atoms with van der Waals surface area (Å²) in [6.45, 7) is 3.70. The van der Waals surface area contributed by atoms with E-state index in [0.717, 1.165) is 38.8 Å². The minimum absolute atomic E-state index is 0.100. The molecule has 1 aliphatic rings. The Morgan fingerprint density at radius 2 is 2.32 bits per heavy atom. The first-order valence-corrected chi connectivity index (χ1v) is 9.02. The Hall–Kier alpha value is -1.62. The Morgan fingerprint density at radius 3 is 3.05 bits per heavy atom. The molecule has 0 radical (unpaired) electrons. The van der Waals surface area contributed by atoms with Gasteiger partial charge in [-0.3, -0.25) is 9.48 Å². The third-order valence-electron chi connectivity index (χ3n) is 4.38. The largest absolute Gasteiger partial charge is 0.334 e. The van der Waals surface area contributed by atoms with Gasteiger partial charge >= 0.3 is 0 Å². The average Bonchev–Trinajstić information content (AvgIpc) is 3.24. The second kappa shape index (κ2) is 7.09. The van der Waals surface area contributed by atoms with Crippen LogP contribution in [0.4, 0.5) is 0 Å². The molecular formula is C17H23N3OS. The van der Waals surface area contributed by atoms with Crippen LogP contribution < -0.4 is 0 Å². The van der Waals surface area contributed by atoms with Crippen molar-refractivity contribution in [2.45, 2.75) is 51.6 Å². The molecule has 22 heavy (non-hydrogen) atoms. The van der Waals surface area contributed by atoms with Crippen molar-refractivity contribution in [3.05, 3.63) is 40.3 Å². The second-order valence-corrected chi connectivity index (χ2v) is 6.86. The van der Waals surface area contributed by atoms with Gasteiger partial charge in [-0.1, -0.05) is 6.07 Å². The van der Waals surface area contributed by atoms with Gasteiger partial charge in [0.15, 0.2) is 0 Å². The molecule has 0 bridgehead atoms. The van der Waals surface area contributed by atoms with Gasteiger partial charge in [0.25, 0.3) is 5.91 Å². The maximum Gasteiger partial charge on any atom is 0.274 e. The van der Waals surface area contributed by atoms with Crippen molar-refractivity contribution in [1.29, 1.82) is 0 Å². The molecule has 0 N–H and O–H groups in total. The van der Waals surface area contributed by atoms with Crippen molar-refractivity contribution < 1.29 is 4.79 Å². The third kappa shape index (κ3) is 3.40. The number of hydrogen-bond donors (Lipinski definition) is 0. The molecular weight excluding hydrogens is 294 g/mol. The number of likely N-dealkylation sites (tertiary alicyclic amines) is 1. The second-order valence-electron chi connectivity index (χ2n) is 5.82. The summed E-state index contributed by atoms with van der Waals surface area (Å²) in [6.07, 6.45) is 7.46. The van der Waals surface area contributed by atoms with E-state index in [4.69, 9.17) is 0 Å². The number of thiophene rings is 1. The van der Waals surface area contributed by atoms with E-state index in [9.17, 15) is 4.79 Å². The van der Waals surface area contributed by atoms with Gasteiger partial charge in [-0.15, -0.1) is 11.3 Å². The highest BCUT2D eigenvalue weighted by atomic mass is 32.1. The smallest absolute Gasteiger partial charge is 0.274 e. The molecule has 1 unspecified atom stereocenters. The molecule has 1 atom stereocenters. The minimum atomic E-state index is 0.100. The monoisotopic (exact) mass is 317 g/mol. The molecule has 1 aliphatic heterocycles. The number of nitrogens with zero attached hydrogens (tertiary/aromatic N) is 3. The van der Waals surface area contributed by atoms with E-state index in [-0.39, 0.29) is 5.91 Å². The number of carbonyl (C=O) groups is 1. The Labute approximate surface area is 135 Å². The lowest BCUT2D eigenvalue weighted by Gasteiger charge is -2.35. The van der Waals surface area contributed by atoms with Crippen LogP contribution in [0.3, 0.4) is 0 Å². The SMILES string of the molecule is CCn1ccc(C(=O)N2CCCCC2CCc2cccs2)n1. The zero-order chi connectivity index (χ0) is 15.4.